The first kappa shape index (κ1) is 12.8. The molecule has 1 amide bonds. The molecule has 0 aliphatic heterocycles. The van der Waals surface area contributed by atoms with Gasteiger partial charge >= 0.3 is 0 Å². The Bertz CT molecular complexity index is 439. The summed E-state index contributed by atoms with van der Waals surface area (Å²) in [4.78, 5) is 31.6. The normalized spacial score (nSPS) is 9.71. The van der Waals surface area contributed by atoms with Crippen LogP contribution in [0.15, 0.2) is 24.3 Å². The second-order valence-electron chi connectivity index (χ2n) is 3.62. The molecule has 1 N–H and O–H groups in total. The molecule has 0 heterocycles. The molecule has 17 heavy (non-hydrogen) atoms. The predicted molar refractivity (Wildman–Crippen MR) is 61.3 cm³/mol. The van der Waals surface area contributed by atoms with E-state index in [0.717, 1.165) is 5.56 Å². The van der Waals surface area contributed by atoms with Gasteiger partial charge in [-0.15, -0.1) is 0 Å². The monoisotopic (exact) mass is 236 g/mol. The van der Waals surface area contributed by atoms with Crippen LogP contribution in [0.3, 0.4) is 0 Å². The van der Waals surface area contributed by atoms with Crippen molar-refractivity contribution < 1.29 is 14.5 Å². The van der Waals surface area contributed by atoms with Gasteiger partial charge in [-0.05, 0) is 19.1 Å². The van der Waals surface area contributed by atoms with Crippen LogP contribution in [0.25, 0.3) is 0 Å². The summed E-state index contributed by atoms with van der Waals surface area (Å²) in [5.41, 5.74) is 1.61. The Labute approximate surface area is 97.8 Å². The average Bonchev–Trinajstić information content (AvgIpc) is 2.19. The number of amides is 1. The summed E-state index contributed by atoms with van der Waals surface area (Å²) < 4.78 is 0. The van der Waals surface area contributed by atoms with Crippen LogP contribution < -0.4 is 5.32 Å². The molecule has 0 aliphatic carbocycles. The van der Waals surface area contributed by atoms with E-state index in [-0.39, 0.29) is 0 Å². The summed E-state index contributed by atoms with van der Waals surface area (Å²) in [6, 6.07) is 7.03. The van der Waals surface area contributed by atoms with Crippen LogP contribution in [0.5, 0.6) is 0 Å². The van der Waals surface area contributed by atoms with Gasteiger partial charge < -0.3 is 5.32 Å². The Balaban J connectivity index is 2.47. The van der Waals surface area contributed by atoms with Crippen LogP contribution in [-0.2, 0) is 9.59 Å². The van der Waals surface area contributed by atoms with E-state index in [1.54, 1.807) is 12.1 Å². The lowest BCUT2D eigenvalue weighted by Gasteiger charge is -2.03. The maximum absolute atomic E-state index is 11.3. The number of hydrogen-bond acceptors (Lipinski definition) is 4. The van der Waals surface area contributed by atoms with Gasteiger partial charge in [-0.2, -0.15) is 0 Å². The number of benzene rings is 1. The molecule has 0 bridgehead atoms. The second-order valence-corrected chi connectivity index (χ2v) is 3.62. The highest BCUT2D eigenvalue weighted by atomic mass is 16.6. The summed E-state index contributed by atoms with van der Waals surface area (Å²) in [6.07, 6.45) is -0.477. The Morgan fingerprint density at radius 3 is 2.41 bits per heavy atom. The maximum atomic E-state index is 11.3. The Morgan fingerprint density at radius 2 is 1.88 bits per heavy atom. The van der Waals surface area contributed by atoms with E-state index in [4.69, 9.17) is 0 Å². The van der Waals surface area contributed by atoms with Crippen molar-refractivity contribution in [3.63, 3.8) is 0 Å². The van der Waals surface area contributed by atoms with Gasteiger partial charge in [-0.25, -0.2) is 0 Å². The van der Waals surface area contributed by atoms with E-state index < -0.39 is 29.6 Å². The average molecular weight is 236 g/mol. The van der Waals surface area contributed by atoms with Gasteiger partial charge in [0.05, 0.1) is 6.42 Å². The first-order valence-corrected chi connectivity index (χ1v) is 4.97. The lowest BCUT2D eigenvalue weighted by atomic mass is 10.2. The van der Waals surface area contributed by atoms with Gasteiger partial charge in [0, 0.05) is 10.6 Å². The van der Waals surface area contributed by atoms with Gasteiger partial charge in [-0.3, -0.25) is 19.7 Å². The van der Waals surface area contributed by atoms with Crippen LogP contribution >= 0.6 is 0 Å². The van der Waals surface area contributed by atoms with Crippen LogP contribution in [0.4, 0.5) is 5.69 Å². The van der Waals surface area contributed by atoms with E-state index >= 15 is 0 Å². The predicted octanol–water partition coefficient (Wildman–Crippen LogP) is 1.17. The molecule has 0 aromatic heterocycles. The van der Waals surface area contributed by atoms with Crippen molar-refractivity contribution in [1.29, 1.82) is 0 Å². The van der Waals surface area contributed by atoms with Crippen LogP contribution in [-0.4, -0.2) is 23.2 Å². The number of anilines is 1. The Morgan fingerprint density at radius 1 is 1.29 bits per heavy atom. The van der Waals surface area contributed by atoms with Crippen LogP contribution in [0.1, 0.15) is 12.0 Å². The largest absolute Gasteiger partial charge is 0.326 e. The third kappa shape index (κ3) is 4.87. The van der Waals surface area contributed by atoms with Gasteiger partial charge in [0.15, 0.2) is 0 Å². The fraction of sp³-hybridized carbons (Fsp3) is 0.273. The zero-order valence-electron chi connectivity index (χ0n) is 9.30. The molecule has 6 heteroatoms. The zero-order chi connectivity index (χ0) is 12.8. The van der Waals surface area contributed by atoms with E-state index in [1.807, 2.05) is 19.1 Å². The van der Waals surface area contributed by atoms with Gasteiger partial charge in [0.1, 0.15) is 0 Å². The number of nitrogens with zero attached hydrogens (tertiary/aromatic N) is 1. The highest BCUT2D eigenvalue weighted by Crippen LogP contribution is 2.08. The molecule has 90 valence electrons. The van der Waals surface area contributed by atoms with Crippen molar-refractivity contribution in [2.24, 2.45) is 0 Å². The molecule has 0 spiro atoms. The molecule has 1 rings (SSSR count). The summed E-state index contributed by atoms with van der Waals surface area (Å²) in [7, 11) is 0. The molecule has 6 nitrogen and oxygen atoms in total. The smallest absolute Gasteiger partial charge is 0.261 e. The van der Waals surface area contributed by atoms with E-state index in [1.165, 1.54) is 0 Å². The topological polar surface area (TPSA) is 89.3 Å². The molecular weight excluding hydrogens is 224 g/mol. The molecular formula is C11H12N2O4. The molecule has 0 unspecified atom stereocenters. The number of nitrogens with one attached hydrogen (secondary N) is 1. The first-order valence-electron chi connectivity index (χ1n) is 4.97. The quantitative estimate of drug-likeness (QED) is 0.472. The van der Waals surface area contributed by atoms with E-state index in [2.05, 4.69) is 5.32 Å². The van der Waals surface area contributed by atoms with Gasteiger partial charge in [0.2, 0.25) is 11.7 Å². The van der Waals surface area contributed by atoms with Crippen molar-refractivity contribution in [2.45, 2.75) is 13.3 Å². The minimum absolute atomic E-state index is 0.477. The number of hydrogen-bond donors (Lipinski definition) is 1. The number of carbonyl (C=O) groups is 2. The molecule has 0 radical (unpaired) electrons. The fourth-order valence-corrected chi connectivity index (χ4v) is 1.22. The molecule has 0 aliphatic rings. The number of aryl methyl sites for hydroxylation is 1. The van der Waals surface area contributed by atoms with Crippen molar-refractivity contribution >= 4 is 17.4 Å². The lowest BCUT2D eigenvalue weighted by molar-refractivity contribution is -0.467. The zero-order valence-corrected chi connectivity index (χ0v) is 9.30. The number of rotatable bonds is 5. The summed E-state index contributed by atoms with van der Waals surface area (Å²) >= 11 is 0. The first-order chi connectivity index (χ1) is 7.97. The number of carbonyl (C=O) groups excluding carboxylic acids is 2. The molecule has 1 aromatic carbocycles. The van der Waals surface area contributed by atoms with E-state index in [0.29, 0.717) is 5.69 Å². The Hall–Kier alpha value is -2.24. The SMILES string of the molecule is Cc1ccc(NC(=O)CC(=O)C[N+](=O)[O-])cc1. The highest BCUT2D eigenvalue weighted by Gasteiger charge is 2.14. The van der Waals surface area contributed by atoms with Crippen molar-refractivity contribution in [3.8, 4) is 0 Å². The third-order valence-corrected chi connectivity index (χ3v) is 2.00. The third-order valence-electron chi connectivity index (χ3n) is 2.00. The standard InChI is InChI=1S/C11H12N2O4/c1-8-2-4-9(5-3-8)12-11(15)6-10(14)7-13(16)17/h2-5H,6-7H2,1H3,(H,12,15). The van der Waals surface area contributed by atoms with E-state index in [9.17, 15) is 19.7 Å². The van der Waals surface area contributed by atoms with Crippen molar-refractivity contribution in [2.75, 3.05) is 11.9 Å². The van der Waals surface area contributed by atoms with Crippen molar-refractivity contribution in [3.05, 3.63) is 39.9 Å². The summed E-state index contributed by atoms with van der Waals surface area (Å²) in [6.45, 7) is 1.09. The minimum atomic E-state index is -0.818. The number of Topliss-reactive ketones (excluding diaryl/α,β-unsaturated/α-hetero) is 1. The Kier molecular flexibility index (Phi) is 4.33. The van der Waals surface area contributed by atoms with Gasteiger partial charge in [0.25, 0.3) is 6.54 Å². The molecule has 1 aromatic rings. The van der Waals surface area contributed by atoms with Crippen LogP contribution in [0, 0.1) is 17.0 Å². The van der Waals surface area contributed by atoms with Crippen molar-refractivity contribution in [1.82, 2.24) is 0 Å². The molecule has 0 saturated carbocycles. The molecule has 0 fully saturated rings. The number of ketones is 1. The lowest BCUT2D eigenvalue weighted by Crippen LogP contribution is -2.21. The summed E-state index contributed by atoms with van der Waals surface area (Å²) in [5, 5.41) is 12.5. The number of nitro groups is 1. The summed E-state index contributed by atoms with van der Waals surface area (Å²) in [5.74, 6) is -1.25. The maximum Gasteiger partial charge on any atom is 0.261 e. The van der Waals surface area contributed by atoms with Crippen LogP contribution in [0.2, 0.25) is 0 Å². The molecule has 0 atom stereocenters. The molecule has 0 saturated heterocycles. The van der Waals surface area contributed by atoms with Gasteiger partial charge in [-0.1, -0.05) is 17.7 Å². The minimum Gasteiger partial charge on any atom is -0.326 e. The highest BCUT2D eigenvalue weighted by molar-refractivity contribution is 6.04. The second kappa shape index (κ2) is 5.74. The fourth-order valence-electron chi connectivity index (χ4n) is 1.22.